The molecule has 6 heteroatoms. The molecule has 0 bridgehead atoms. The molecule has 0 aliphatic heterocycles. The Morgan fingerprint density at radius 3 is 2.59 bits per heavy atom. The van der Waals surface area contributed by atoms with Crippen molar-refractivity contribution in [2.24, 2.45) is 0 Å². The van der Waals surface area contributed by atoms with Crippen LogP contribution < -0.4 is 5.56 Å². The van der Waals surface area contributed by atoms with Gasteiger partial charge in [-0.15, -0.1) is 11.3 Å². The van der Waals surface area contributed by atoms with Crippen molar-refractivity contribution in [3.63, 3.8) is 0 Å². The first-order chi connectivity index (χ1) is 13.1. The summed E-state index contributed by atoms with van der Waals surface area (Å²) in [7, 11) is 0. The fourth-order valence-electron chi connectivity index (χ4n) is 3.18. The highest BCUT2D eigenvalue weighted by Crippen LogP contribution is 2.37. The van der Waals surface area contributed by atoms with Gasteiger partial charge in [0.05, 0.1) is 5.39 Å². The Morgan fingerprint density at radius 2 is 1.89 bits per heavy atom. The molecule has 1 N–H and O–H groups in total. The molecule has 0 spiro atoms. The van der Waals surface area contributed by atoms with Crippen molar-refractivity contribution < 1.29 is 4.39 Å². The first kappa shape index (κ1) is 18.1. The summed E-state index contributed by atoms with van der Waals surface area (Å²) in [5.41, 5.74) is 2.27. The van der Waals surface area contributed by atoms with Gasteiger partial charge in [0.15, 0.2) is 0 Å². The van der Waals surface area contributed by atoms with E-state index in [1.165, 1.54) is 17.4 Å². The molecule has 0 saturated heterocycles. The molecule has 0 atom stereocenters. The highest BCUT2D eigenvalue weighted by molar-refractivity contribution is 9.10. The number of nitrogens with zero attached hydrogens (tertiary/aromatic N) is 1. The van der Waals surface area contributed by atoms with Crippen LogP contribution in [0.4, 0.5) is 4.39 Å². The summed E-state index contributed by atoms with van der Waals surface area (Å²) >= 11 is 4.98. The number of halogens is 2. The molecule has 4 rings (SSSR count). The molecule has 136 valence electrons. The van der Waals surface area contributed by atoms with Crippen LogP contribution in [0.25, 0.3) is 21.3 Å². The zero-order valence-corrected chi connectivity index (χ0v) is 17.0. The quantitative estimate of drug-likeness (QED) is 0.440. The summed E-state index contributed by atoms with van der Waals surface area (Å²) in [4.78, 5) is 22.2. The Bertz CT molecular complexity index is 1180. The third-order valence-electron chi connectivity index (χ3n) is 4.45. The van der Waals surface area contributed by atoms with E-state index in [0.29, 0.717) is 21.6 Å². The minimum absolute atomic E-state index is 0.180. The average Bonchev–Trinajstić information content (AvgIpc) is 3.03. The predicted molar refractivity (Wildman–Crippen MR) is 112 cm³/mol. The van der Waals surface area contributed by atoms with Crippen LogP contribution in [-0.2, 0) is 12.8 Å². The zero-order valence-electron chi connectivity index (χ0n) is 14.6. The molecule has 0 unspecified atom stereocenters. The maximum atomic E-state index is 13.9. The lowest BCUT2D eigenvalue weighted by molar-refractivity contribution is 0.612. The van der Waals surface area contributed by atoms with E-state index in [1.54, 1.807) is 18.2 Å². The van der Waals surface area contributed by atoms with Gasteiger partial charge < -0.3 is 4.98 Å². The first-order valence-corrected chi connectivity index (χ1v) is 10.2. The Hall–Kier alpha value is -2.31. The third kappa shape index (κ3) is 3.47. The van der Waals surface area contributed by atoms with Crippen LogP contribution in [-0.4, -0.2) is 9.97 Å². The van der Waals surface area contributed by atoms with E-state index in [1.807, 2.05) is 24.3 Å². The Morgan fingerprint density at radius 1 is 1.15 bits per heavy atom. The third-order valence-corrected chi connectivity index (χ3v) is 6.21. The molecule has 2 aromatic carbocycles. The molecule has 3 nitrogen and oxygen atoms in total. The van der Waals surface area contributed by atoms with Crippen LogP contribution in [0.2, 0.25) is 0 Å². The normalized spacial score (nSPS) is 11.2. The number of nitrogens with one attached hydrogen (secondary N) is 1. The van der Waals surface area contributed by atoms with Gasteiger partial charge in [0, 0.05) is 21.3 Å². The largest absolute Gasteiger partial charge is 0.310 e. The second kappa shape index (κ2) is 7.37. The van der Waals surface area contributed by atoms with E-state index < -0.39 is 0 Å². The maximum absolute atomic E-state index is 13.9. The van der Waals surface area contributed by atoms with Crippen LogP contribution in [0.1, 0.15) is 23.2 Å². The fraction of sp³-hybridized carbons (Fsp3) is 0.143. The van der Waals surface area contributed by atoms with Crippen LogP contribution in [0.3, 0.4) is 0 Å². The summed E-state index contributed by atoms with van der Waals surface area (Å²) in [6.07, 6.45) is 1.07. The summed E-state index contributed by atoms with van der Waals surface area (Å²) in [6, 6.07) is 14.5. The van der Waals surface area contributed by atoms with Crippen molar-refractivity contribution in [1.29, 1.82) is 0 Å². The molecule has 0 aliphatic carbocycles. The summed E-state index contributed by atoms with van der Waals surface area (Å²) in [5, 5.41) is 0.608. The number of hydrogen-bond acceptors (Lipinski definition) is 3. The van der Waals surface area contributed by atoms with Crippen molar-refractivity contribution in [1.82, 2.24) is 9.97 Å². The van der Waals surface area contributed by atoms with Crippen molar-refractivity contribution in [3.8, 4) is 11.1 Å². The van der Waals surface area contributed by atoms with E-state index in [4.69, 9.17) is 0 Å². The molecular formula is C21H16BrFN2OS. The van der Waals surface area contributed by atoms with Gasteiger partial charge in [-0.05, 0) is 35.7 Å². The van der Waals surface area contributed by atoms with Crippen LogP contribution in [0.5, 0.6) is 0 Å². The van der Waals surface area contributed by atoms with E-state index in [9.17, 15) is 9.18 Å². The molecule has 0 amide bonds. The van der Waals surface area contributed by atoms with Crippen molar-refractivity contribution in [2.45, 2.75) is 19.8 Å². The summed E-state index contributed by atoms with van der Waals surface area (Å²) < 4.78 is 14.9. The van der Waals surface area contributed by atoms with Crippen molar-refractivity contribution in [2.75, 3.05) is 0 Å². The number of rotatable bonds is 4. The number of thiophene rings is 1. The number of aromatic amines is 1. The molecule has 0 aliphatic rings. The predicted octanol–water partition coefficient (Wildman–Crippen LogP) is 5.71. The highest BCUT2D eigenvalue weighted by Gasteiger charge is 2.18. The van der Waals surface area contributed by atoms with Crippen LogP contribution in [0.15, 0.2) is 57.8 Å². The fourth-order valence-corrected chi connectivity index (χ4v) is 4.59. The minimum atomic E-state index is -0.295. The maximum Gasteiger partial charge on any atom is 0.260 e. The molecule has 2 aromatic heterocycles. The van der Waals surface area contributed by atoms with E-state index in [2.05, 4.69) is 32.8 Å². The second-order valence-corrected chi connectivity index (χ2v) is 8.22. The number of benzene rings is 2. The molecule has 0 fully saturated rings. The van der Waals surface area contributed by atoms with Gasteiger partial charge in [0.2, 0.25) is 0 Å². The van der Waals surface area contributed by atoms with E-state index >= 15 is 0 Å². The van der Waals surface area contributed by atoms with Gasteiger partial charge in [-0.25, -0.2) is 9.37 Å². The topological polar surface area (TPSA) is 45.8 Å². The van der Waals surface area contributed by atoms with Gasteiger partial charge in [-0.2, -0.15) is 0 Å². The lowest BCUT2D eigenvalue weighted by Gasteiger charge is -2.05. The van der Waals surface area contributed by atoms with Crippen molar-refractivity contribution >= 4 is 37.5 Å². The van der Waals surface area contributed by atoms with Crippen LogP contribution in [0, 0.1) is 5.82 Å². The van der Waals surface area contributed by atoms with Crippen molar-refractivity contribution in [3.05, 3.63) is 85.4 Å². The summed E-state index contributed by atoms with van der Waals surface area (Å²) in [5.74, 6) is 0.181. The number of aryl methyl sites for hydroxylation is 1. The molecule has 0 radical (unpaired) electrons. The minimum Gasteiger partial charge on any atom is -0.310 e. The molecule has 0 saturated carbocycles. The zero-order chi connectivity index (χ0) is 19.0. The van der Waals surface area contributed by atoms with Gasteiger partial charge >= 0.3 is 0 Å². The SMILES string of the molecule is CCc1sc2nc(Cc3ccccc3F)[nH]c(=O)c2c1-c1ccc(Br)cc1. The smallest absolute Gasteiger partial charge is 0.260 e. The Kier molecular flexibility index (Phi) is 4.93. The average molecular weight is 443 g/mol. The second-order valence-electron chi connectivity index (χ2n) is 6.22. The number of fused-ring (bicyclic) bond motifs is 1. The Labute approximate surface area is 168 Å². The van der Waals surface area contributed by atoms with Gasteiger partial charge in [0.1, 0.15) is 16.5 Å². The number of aromatic nitrogens is 2. The molecule has 4 aromatic rings. The standard InChI is InChI=1S/C21H16BrFN2OS/c1-2-16-18(12-7-9-14(22)10-8-12)19-20(26)24-17(25-21(19)27-16)11-13-5-3-4-6-15(13)23/h3-10H,2,11H2,1H3,(H,24,25,26). The molecular weight excluding hydrogens is 427 g/mol. The first-order valence-electron chi connectivity index (χ1n) is 8.60. The van der Waals surface area contributed by atoms with E-state index in [-0.39, 0.29) is 17.8 Å². The van der Waals surface area contributed by atoms with Crippen LogP contribution >= 0.6 is 27.3 Å². The van der Waals surface area contributed by atoms with Gasteiger partial charge in [-0.3, -0.25) is 4.79 Å². The molecule has 2 heterocycles. The lowest BCUT2D eigenvalue weighted by atomic mass is 10.0. The van der Waals surface area contributed by atoms with Gasteiger partial charge in [0.25, 0.3) is 5.56 Å². The number of H-pyrrole nitrogens is 1. The Balaban J connectivity index is 1.86. The lowest BCUT2D eigenvalue weighted by Crippen LogP contribution is -2.12. The van der Waals surface area contributed by atoms with E-state index in [0.717, 1.165) is 26.9 Å². The summed E-state index contributed by atoms with van der Waals surface area (Å²) in [6.45, 7) is 2.07. The molecule has 27 heavy (non-hydrogen) atoms. The van der Waals surface area contributed by atoms with Gasteiger partial charge in [-0.1, -0.05) is 53.2 Å². The number of hydrogen-bond donors (Lipinski definition) is 1. The monoisotopic (exact) mass is 442 g/mol. The highest BCUT2D eigenvalue weighted by atomic mass is 79.9.